The molecular weight excluding hydrogens is 182 g/mol. The van der Waals surface area contributed by atoms with Crippen molar-refractivity contribution in [2.24, 2.45) is 5.16 Å². The first-order chi connectivity index (χ1) is 4.18. The third-order valence-electron chi connectivity index (χ3n) is 0.913. The van der Waals surface area contributed by atoms with Crippen LogP contribution in [0.2, 0.25) is 0 Å². The summed E-state index contributed by atoms with van der Waals surface area (Å²) in [6, 6.07) is 0. The molecule has 0 bridgehead atoms. The first-order valence-corrected chi connectivity index (χ1v) is 3.90. The summed E-state index contributed by atoms with van der Waals surface area (Å²) >= 11 is 3.36. The average molecular weight is 194 g/mol. The van der Waals surface area contributed by atoms with Gasteiger partial charge in [-0.2, -0.15) is 0 Å². The molecule has 1 atom stereocenters. The molecule has 3 heteroatoms. The van der Waals surface area contributed by atoms with Crippen LogP contribution in [0.1, 0.15) is 20.8 Å². The van der Waals surface area contributed by atoms with Crippen molar-refractivity contribution in [3.63, 3.8) is 0 Å². The van der Waals surface area contributed by atoms with Crippen LogP contribution >= 0.6 is 15.9 Å². The van der Waals surface area contributed by atoms with E-state index in [9.17, 15) is 0 Å². The highest BCUT2D eigenvalue weighted by Crippen LogP contribution is 1.99. The first-order valence-electron chi connectivity index (χ1n) is 2.99. The van der Waals surface area contributed by atoms with E-state index >= 15 is 0 Å². The Labute approximate surface area is 64.4 Å². The highest BCUT2D eigenvalue weighted by Gasteiger charge is 1.98. The van der Waals surface area contributed by atoms with Gasteiger partial charge >= 0.3 is 0 Å². The Morgan fingerprint density at radius 2 is 2.33 bits per heavy atom. The van der Waals surface area contributed by atoms with Crippen LogP contribution in [0.3, 0.4) is 0 Å². The summed E-state index contributed by atoms with van der Waals surface area (Å²) in [6.45, 7) is 6.49. The number of oxime groups is 1. The van der Waals surface area contributed by atoms with E-state index in [4.69, 9.17) is 4.84 Å². The van der Waals surface area contributed by atoms with E-state index in [0.29, 0.717) is 11.4 Å². The lowest BCUT2D eigenvalue weighted by atomic mass is 10.3. The van der Waals surface area contributed by atoms with Crippen molar-refractivity contribution in [2.45, 2.75) is 25.6 Å². The molecule has 2 nitrogen and oxygen atoms in total. The van der Waals surface area contributed by atoms with E-state index in [1.165, 1.54) is 0 Å². The minimum atomic E-state index is 0.309. The summed E-state index contributed by atoms with van der Waals surface area (Å²) in [4.78, 5) is 5.12. The fraction of sp³-hybridized carbons (Fsp3) is 0.833. The Morgan fingerprint density at radius 3 is 2.67 bits per heavy atom. The molecule has 1 unspecified atom stereocenters. The molecule has 0 heterocycles. The summed E-state index contributed by atoms with van der Waals surface area (Å²) in [5.41, 5.74) is 0.969. The normalized spacial score (nSPS) is 15.3. The maximum Gasteiger partial charge on any atom is 0.114 e. The van der Waals surface area contributed by atoms with E-state index in [1.54, 1.807) is 0 Å². The van der Waals surface area contributed by atoms with Gasteiger partial charge in [0, 0.05) is 0 Å². The fourth-order valence-electron chi connectivity index (χ4n) is 0.239. The molecular formula is C6H12BrNO. The quantitative estimate of drug-likeness (QED) is 0.383. The predicted octanol–water partition coefficient (Wildman–Crippen LogP) is 2.18. The summed E-state index contributed by atoms with van der Waals surface area (Å²) in [7, 11) is 0. The minimum Gasteiger partial charge on any atom is -0.396 e. The lowest BCUT2D eigenvalue weighted by Gasteiger charge is -2.00. The molecule has 0 aliphatic rings. The molecule has 0 amide bonds. The van der Waals surface area contributed by atoms with Crippen LogP contribution in [-0.4, -0.2) is 17.1 Å². The third kappa shape index (κ3) is 4.45. The first kappa shape index (κ1) is 8.95. The smallest absolute Gasteiger partial charge is 0.114 e. The number of hydrogen-bond acceptors (Lipinski definition) is 2. The zero-order valence-corrected chi connectivity index (χ0v) is 7.60. The molecule has 0 N–H and O–H groups in total. The van der Waals surface area contributed by atoms with Gasteiger partial charge < -0.3 is 4.84 Å². The SMILES string of the molecule is CCO/N=C(\C)C(C)Br. The molecule has 0 fully saturated rings. The predicted molar refractivity (Wildman–Crippen MR) is 43.1 cm³/mol. The maximum atomic E-state index is 4.81. The van der Waals surface area contributed by atoms with Crippen molar-refractivity contribution in [1.29, 1.82) is 0 Å². The average Bonchev–Trinajstić information content (AvgIpc) is 1.82. The van der Waals surface area contributed by atoms with Gasteiger partial charge in [-0.1, -0.05) is 21.1 Å². The van der Waals surface area contributed by atoms with Gasteiger partial charge in [0.05, 0.1) is 10.5 Å². The molecule has 9 heavy (non-hydrogen) atoms. The van der Waals surface area contributed by atoms with E-state index in [-0.39, 0.29) is 0 Å². The van der Waals surface area contributed by atoms with Crippen LogP contribution in [0.4, 0.5) is 0 Å². The highest BCUT2D eigenvalue weighted by atomic mass is 79.9. The topological polar surface area (TPSA) is 21.6 Å². The van der Waals surface area contributed by atoms with Crippen molar-refractivity contribution in [1.82, 2.24) is 0 Å². The molecule has 0 aromatic rings. The lowest BCUT2D eigenvalue weighted by molar-refractivity contribution is 0.158. The number of nitrogens with zero attached hydrogens (tertiary/aromatic N) is 1. The number of hydrogen-bond donors (Lipinski definition) is 0. The Hall–Kier alpha value is -0.0500. The fourth-order valence-corrected chi connectivity index (χ4v) is 0.323. The van der Waals surface area contributed by atoms with Gasteiger partial charge in [-0.05, 0) is 20.8 Å². The lowest BCUT2D eigenvalue weighted by Crippen LogP contribution is -2.05. The molecule has 0 spiro atoms. The van der Waals surface area contributed by atoms with Crippen LogP contribution < -0.4 is 0 Å². The van der Waals surface area contributed by atoms with Crippen LogP contribution in [0.5, 0.6) is 0 Å². The van der Waals surface area contributed by atoms with Crippen molar-refractivity contribution >= 4 is 21.6 Å². The second kappa shape index (κ2) is 4.79. The van der Waals surface area contributed by atoms with E-state index in [0.717, 1.165) is 5.71 Å². The molecule has 0 aromatic carbocycles. The molecule has 0 rings (SSSR count). The summed E-state index contributed by atoms with van der Waals surface area (Å²) < 4.78 is 0. The van der Waals surface area contributed by atoms with Gasteiger partial charge in [0.1, 0.15) is 6.61 Å². The summed E-state index contributed by atoms with van der Waals surface area (Å²) in [6.07, 6.45) is 0. The number of halogens is 1. The molecule has 0 aromatic heterocycles. The van der Waals surface area contributed by atoms with Crippen molar-refractivity contribution in [3.8, 4) is 0 Å². The Kier molecular flexibility index (Phi) is 4.77. The van der Waals surface area contributed by atoms with Crippen LogP contribution in [0, 0.1) is 0 Å². The molecule has 54 valence electrons. The van der Waals surface area contributed by atoms with E-state index in [1.807, 2.05) is 20.8 Å². The Balaban J connectivity index is 3.55. The van der Waals surface area contributed by atoms with Gasteiger partial charge in [0.15, 0.2) is 0 Å². The monoisotopic (exact) mass is 193 g/mol. The largest absolute Gasteiger partial charge is 0.396 e. The second-order valence-electron chi connectivity index (χ2n) is 1.77. The van der Waals surface area contributed by atoms with Crippen molar-refractivity contribution in [2.75, 3.05) is 6.61 Å². The highest BCUT2D eigenvalue weighted by molar-refractivity contribution is 9.10. The molecule has 0 aliphatic heterocycles. The standard InChI is InChI=1S/C6H12BrNO/c1-4-9-8-6(3)5(2)7/h5H,4H2,1-3H3/b8-6+. The van der Waals surface area contributed by atoms with Gasteiger partial charge in [-0.3, -0.25) is 0 Å². The molecule has 0 aliphatic carbocycles. The number of alkyl halides is 1. The maximum absolute atomic E-state index is 4.81. The van der Waals surface area contributed by atoms with Gasteiger partial charge in [-0.25, -0.2) is 0 Å². The van der Waals surface area contributed by atoms with Crippen molar-refractivity contribution < 1.29 is 4.84 Å². The Morgan fingerprint density at radius 1 is 1.78 bits per heavy atom. The van der Waals surface area contributed by atoms with E-state index in [2.05, 4.69) is 21.1 Å². The van der Waals surface area contributed by atoms with Crippen LogP contribution in [-0.2, 0) is 4.84 Å². The summed E-state index contributed by atoms with van der Waals surface area (Å²) in [5, 5.41) is 3.81. The molecule has 0 saturated carbocycles. The van der Waals surface area contributed by atoms with Crippen LogP contribution in [0.15, 0.2) is 5.16 Å². The van der Waals surface area contributed by atoms with Gasteiger partial charge in [0.25, 0.3) is 0 Å². The Bertz CT molecular complexity index is 101. The zero-order valence-electron chi connectivity index (χ0n) is 6.02. The molecule has 0 radical (unpaired) electrons. The van der Waals surface area contributed by atoms with Gasteiger partial charge in [0.2, 0.25) is 0 Å². The third-order valence-corrected chi connectivity index (χ3v) is 1.58. The van der Waals surface area contributed by atoms with E-state index < -0.39 is 0 Å². The zero-order chi connectivity index (χ0) is 7.28. The summed E-state index contributed by atoms with van der Waals surface area (Å²) in [5.74, 6) is 0. The second-order valence-corrected chi connectivity index (χ2v) is 3.14. The minimum absolute atomic E-state index is 0.309. The van der Waals surface area contributed by atoms with Crippen LogP contribution in [0.25, 0.3) is 0 Å². The van der Waals surface area contributed by atoms with Gasteiger partial charge in [-0.15, -0.1) is 0 Å². The molecule has 0 saturated heterocycles. The van der Waals surface area contributed by atoms with Crippen molar-refractivity contribution in [3.05, 3.63) is 0 Å². The number of rotatable bonds is 3.